The average Bonchev–Trinajstić information content (AvgIpc) is 2.49. The van der Waals surface area contributed by atoms with Crippen LogP contribution in [0.1, 0.15) is 22.8 Å². The first kappa shape index (κ1) is 15.3. The van der Waals surface area contributed by atoms with E-state index in [2.05, 4.69) is 5.32 Å². The maximum Gasteiger partial charge on any atom is 0.251 e. The molecular weight excluding hydrogens is 293 g/mol. The molecular formula is C16H15ClFNO2. The second-order valence-electron chi connectivity index (χ2n) is 4.39. The van der Waals surface area contributed by atoms with Crippen molar-refractivity contribution in [2.24, 2.45) is 0 Å². The number of hydrogen-bond acceptors (Lipinski definition) is 2. The van der Waals surface area contributed by atoms with Crippen molar-refractivity contribution in [2.75, 3.05) is 6.61 Å². The molecule has 0 heterocycles. The Hall–Kier alpha value is -2.07. The predicted molar refractivity (Wildman–Crippen MR) is 80.2 cm³/mol. The molecule has 5 heteroatoms. The molecule has 1 N–H and O–H groups in total. The summed E-state index contributed by atoms with van der Waals surface area (Å²) in [5.74, 6) is 0.0381. The van der Waals surface area contributed by atoms with Crippen LogP contribution in [0.25, 0.3) is 0 Å². The summed E-state index contributed by atoms with van der Waals surface area (Å²) in [6.45, 7) is 2.76. The number of halogens is 2. The van der Waals surface area contributed by atoms with E-state index < -0.39 is 5.82 Å². The molecule has 0 saturated heterocycles. The number of nitrogens with one attached hydrogen (secondary N) is 1. The predicted octanol–water partition coefficient (Wildman–Crippen LogP) is 3.81. The summed E-state index contributed by atoms with van der Waals surface area (Å²) in [4.78, 5) is 12.0. The molecule has 2 aromatic carbocycles. The number of benzene rings is 2. The molecule has 0 aliphatic heterocycles. The van der Waals surface area contributed by atoms with Crippen LogP contribution in [0.5, 0.6) is 5.75 Å². The molecule has 3 nitrogen and oxygen atoms in total. The van der Waals surface area contributed by atoms with Crippen LogP contribution in [-0.2, 0) is 6.54 Å². The molecule has 0 saturated carbocycles. The van der Waals surface area contributed by atoms with E-state index in [1.807, 2.05) is 6.92 Å². The number of carbonyl (C=O) groups excluding carboxylic acids is 1. The summed E-state index contributed by atoms with van der Waals surface area (Å²) in [5.41, 5.74) is 1.27. The van der Waals surface area contributed by atoms with Crippen molar-refractivity contribution in [3.8, 4) is 5.75 Å². The van der Waals surface area contributed by atoms with Crippen LogP contribution in [0, 0.1) is 5.82 Å². The largest absolute Gasteiger partial charge is 0.494 e. The average molecular weight is 308 g/mol. The molecule has 0 aromatic heterocycles. The van der Waals surface area contributed by atoms with E-state index in [1.54, 1.807) is 30.3 Å². The number of hydrogen-bond donors (Lipinski definition) is 1. The molecule has 2 rings (SSSR count). The molecule has 0 bridgehead atoms. The van der Waals surface area contributed by atoms with Crippen LogP contribution in [0.2, 0.25) is 5.02 Å². The highest BCUT2D eigenvalue weighted by Crippen LogP contribution is 2.16. The Bertz CT molecular complexity index is 629. The Morgan fingerprint density at radius 1 is 1.24 bits per heavy atom. The fourth-order valence-corrected chi connectivity index (χ4v) is 2.01. The summed E-state index contributed by atoms with van der Waals surface area (Å²) < 4.78 is 18.3. The van der Waals surface area contributed by atoms with E-state index in [0.717, 1.165) is 11.3 Å². The smallest absolute Gasteiger partial charge is 0.251 e. The lowest BCUT2D eigenvalue weighted by Gasteiger charge is -2.07. The van der Waals surface area contributed by atoms with Crippen molar-refractivity contribution in [1.29, 1.82) is 0 Å². The SMILES string of the molecule is CCOc1ccc(C(=O)NCc2ccc(F)c(Cl)c2)cc1. The van der Waals surface area contributed by atoms with Gasteiger partial charge in [0, 0.05) is 12.1 Å². The second-order valence-corrected chi connectivity index (χ2v) is 4.80. The van der Waals surface area contributed by atoms with Crippen molar-refractivity contribution in [3.05, 3.63) is 64.4 Å². The van der Waals surface area contributed by atoms with E-state index in [9.17, 15) is 9.18 Å². The summed E-state index contributed by atoms with van der Waals surface area (Å²) in [6.07, 6.45) is 0. The zero-order valence-electron chi connectivity index (χ0n) is 11.5. The second kappa shape index (κ2) is 7.09. The third-order valence-corrected chi connectivity index (χ3v) is 3.15. The lowest BCUT2D eigenvalue weighted by Crippen LogP contribution is -2.22. The summed E-state index contributed by atoms with van der Waals surface area (Å²) in [6, 6.07) is 11.2. The van der Waals surface area contributed by atoms with Crippen LogP contribution >= 0.6 is 11.6 Å². The highest BCUT2D eigenvalue weighted by Gasteiger charge is 2.06. The fraction of sp³-hybridized carbons (Fsp3) is 0.188. The van der Waals surface area contributed by atoms with Crippen LogP contribution in [0.3, 0.4) is 0 Å². The van der Waals surface area contributed by atoms with Gasteiger partial charge in [0.15, 0.2) is 0 Å². The summed E-state index contributed by atoms with van der Waals surface area (Å²) in [5, 5.41) is 2.80. The van der Waals surface area contributed by atoms with Gasteiger partial charge in [-0.15, -0.1) is 0 Å². The third-order valence-electron chi connectivity index (χ3n) is 2.86. The summed E-state index contributed by atoms with van der Waals surface area (Å²) >= 11 is 5.69. The van der Waals surface area contributed by atoms with Gasteiger partial charge in [0.25, 0.3) is 5.91 Å². The van der Waals surface area contributed by atoms with Crippen molar-refractivity contribution >= 4 is 17.5 Å². The van der Waals surface area contributed by atoms with E-state index in [4.69, 9.17) is 16.3 Å². The van der Waals surface area contributed by atoms with Crippen LogP contribution in [0.15, 0.2) is 42.5 Å². The Morgan fingerprint density at radius 2 is 1.95 bits per heavy atom. The topological polar surface area (TPSA) is 38.3 Å². The van der Waals surface area contributed by atoms with Crippen molar-refractivity contribution in [3.63, 3.8) is 0 Å². The van der Waals surface area contributed by atoms with Gasteiger partial charge in [-0.3, -0.25) is 4.79 Å². The number of ether oxygens (including phenoxy) is 1. The molecule has 110 valence electrons. The lowest BCUT2D eigenvalue weighted by molar-refractivity contribution is 0.0951. The quantitative estimate of drug-likeness (QED) is 0.912. The molecule has 0 fully saturated rings. The first-order valence-corrected chi connectivity index (χ1v) is 6.93. The van der Waals surface area contributed by atoms with Gasteiger partial charge in [-0.2, -0.15) is 0 Å². The first-order chi connectivity index (χ1) is 10.1. The molecule has 0 radical (unpaired) electrons. The molecule has 0 atom stereocenters. The minimum absolute atomic E-state index is 0.0443. The third kappa shape index (κ3) is 4.20. The van der Waals surface area contributed by atoms with Crippen LogP contribution in [-0.4, -0.2) is 12.5 Å². The molecule has 21 heavy (non-hydrogen) atoms. The highest BCUT2D eigenvalue weighted by molar-refractivity contribution is 6.30. The summed E-state index contributed by atoms with van der Waals surface area (Å²) in [7, 11) is 0. The zero-order chi connectivity index (χ0) is 15.2. The fourth-order valence-electron chi connectivity index (χ4n) is 1.80. The van der Waals surface area contributed by atoms with Gasteiger partial charge in [-0.25, -0.2) is 4.39 Å². The van der Waals surface area contributed by atoms with Gasteiger partial charge in [0.05, 0.1) is 11.6 Å². The van der Waals surface area contributed by atoms with Crippen LogP contribution < -0.4 is 10.1 Å². The molecule has 1 amide bonds. The first-order valence-electron chi connectivity index (χ1n) is 6.55. The minimum Gasteiger partial charge on any atom is -0.494 e. The van der Waals surface area contributed by atoms with Crippen molar-refractivity contribution in [2.45, 2.75) is 13.5 Å². The minimum atomic E-state index is -0.474. The lowest BCUT2D eigenvalue weighted by atomic mass is 10.2. The molecule has 0 aliphatic rings. The van der Waals surface area contributed by atoms with Gasteiger partial charge < -0.3 is 10.1 Å². The number of rotatable bonds is 5. The van der Waals surface area contributed by atoms with Crippen molar-refractivity contribution in [1.82, 2.24) is 5.32 Å². The number of amides is 1. The van der Waals surface area contributed by atoms with Gasteiger partial charge in [-0.05, 0) is 48.9 Å². The molecule has 0 unspecified atom stereocenters. The van der Waals surface area contributed by atoms with E-state index in [1.165, 1.54) is 12.1 Å². The monoisotopic (exact) mass is 307 g/mol. The van der Waals surface area contributed by atoms with Crippen molar-refractivity contribution < 1.29 is 13.9 Å². The van der Waals surface area contributed by atoms with Crippen LogP contribution in [0.4, 0.5) is 4.39 Å². The molecule has 0 spiro atoms. The molecule has 0 aliphatic carbocycles. The Labute approximate surface area is 127 Å². The molecule has 2 aromatic rings. The standard InChI is InChI=1S/C16H15ClFNO2/c1-2-21-13-6-4-12(5-7-13)16(20)19-10-11-3-8-15(18)14(17)9-11/h3-9H,2,10H2,1H3,(H,19,20). The Morgan fingerprint density at radius 3 is 2.57 bits per heavy atom. The zero-order valence-corrected chi connectivity index (χ0v) is 12.3. The van der Waals surface area contributed by atoms with E-state index >= 15 is 0 Å². The maximum absolute atomic E-state index is 13.0. The normalized spacial score (nSPS) is 10.2. The Kier molecular flexibility index (Phi) is 5.17. The van der Waals surface area contributed by atoms with Gasteiger partial charge in [-0.1, -0.05) is 17.7 Å². The van der Waals surface area contributed by atoms with Gasteiger partial charge >= 0.3 is 0 Å². The maximum atomic E-state index is 13.0. The highest BCUT2D eigenvalue weighted by atomic mass is 35.5. The van der Waals surface area contributed by atoms with E-state index in [-0.39, 0.29) is 17.5 Å². The van der Waals surface area contributed by atoms with E-state index in [0.29, 0.717) is 12.2 Å². The van der Waals surface area contributed by atoms with Gasteiger partial charge in [0.2, 0.25) is 0 Å². The van der Waals surface area contributed by atoms with Gasteiger partial charge in [0.1, 0.15) is 11.6 Å². The Balaban J connectivity index is 1.96. The number of carbonyl (C=O) groups is 1.